The second-order valence-electron chi connectivity index (χ2n) is 7.48. The highest BCUT2D eigenvalue weighted by atomic mass is 32.1. The molecule has 2 saturated heterocycles. The van der Waals surface area contributed by atoms with E-state index in [9.17, 15) is 0 Å². The topological polar surface area (TPSA) is 28.6 Å². The standard InChI is InChI=1S/C20H27N3OS/c1-22(14-17-4-8-21-9-5-17)18-13-20(24-16-18)6-10-23(11-7-20)15-19-3-2-12-25-19/h2-5,8-9,12,18H,6-7,10-11,13-16H2,1H3/t18-/m1/s1. The Balaban J connectivity index is 1.28. The van der Waals surface area contributed by atoms with Crippen LogP contribution in [0, 0.1) is 0 Å². The van der Waals surface area contributed by atoms with Crippen molar-refractivity contribution in [2.45, 2.75) is 44.0 Å². The van der Waals surface area contributed by atoms with Gasteiger partial charge >= 0.3 is 0 Å². The van der Waals surface area contributed by atoms with Gasteiger partial charge in [0.2, 0.25) is 0 Å². The Bertz CT molecular complexity index is 653. The number of piperidine rings is 1. The van der Waals surface area contributed by atoms with Crippen molar-refractivity contribution in [1.82, 2.24) is 14.8 Å². The van der Waals surface area contributed by atoms with Crippen molar-refractivity contribution in [2.24, 2.45) is 0 Å². The number of thiophene rings is 1. The summed E-state index contributed by atoms with van der Waals surface area (Å²) in [5.41, 5.74) is 1.44. The average Bonchev–Trinajstić information content (AvgIpc) is 3.29. The fourth-order valence-corrected chi connectivity index (χ4v) is 4.84. The van der Waals surface area contributed by atoms with E-state index in [1.54, 1.807) is 0 Å². The molecule has 0 aliphatic carbocycles. The summed E-state index contributed by atoms with van der Waals surface area (Å²) in [5, 5.41) is 2.17. The molecule has 134 valence electrons. The van der Waals surface area contributed by atoms with Gasteiger partial charge in [-0.3, -0.25) is 14.8 Å². The average molecular weight is 358 g/mol. The molecule has 2 aromatic heterocycles. The van der Waals surface area contributed by atoms with E-state index in [0.29, 0.717) is 6.04 Å². The molecular formula is C20H27N3OS. The van der Waals surface area contributed by atoms with Gasteiger partial charge in [0.15, 0.2) is 0 Å². The molecule has 0 bridgehead atoms. The summed E-state index contributed by atoms with van der Waals surface area (Å²) in [6, 6.07) is 9.12. The summed E-state index contributed by atoms with van der Waals surface area (Å²) < 4.78 is 6.36. The van der Waals surface area contributed by atoms with Gasteiger partial charge in [-0.2, -0.15) is 0 Å². The van der Waals surface area contributed by atoms with E-state index < -0.39 is 0 Å². The number of aromatic nitrogens is 1. The zero-order valence-corrected chi connectivity index (χ0v) is 15.8. The normalized spacial score (nSPS) is 23.5. The Hall–Kier alpha value is -1.27. The first-order chi connectivity index (χ1) is 12.2. The Labute approximate surface area is 154 Å². The molecule has 4 rings (SSSR count). The molecule has 2 aliphatic rings. The molecule has 2 aliphatic heterocycles. The predicted molar refractivity (Wildman–Crippen MR) is 102 cm³/mol. The van der Waals surface area contributed by atoms with Crippen LogP contribution in [0.3, 0.4) is 0 Å². The highest BCUT2D eigenvalue weighted by molar-refractivity contribution is 7.09. The number of pyridine rings is 1. The molecule has 0 radical (unpaired) electrons. The second-order valence-corrected chi connectivity index (χ2v) is 8.51. The lowest BCUT2D eigenvalue weighted by atomic mass is 9.87. The summed E-state index contributed by atoms with van der Waals surface area (Å²) in [7, 11) is 2.22. The minimum atomic E-state index is 0.114. The lowest BCUT2D eigenvalue weighted by Crippen LogP contribution is -2.44. The second kappa shape index (κ2) is 7.54. The maximum absolute atomic E-state index is 6.36. The van der Waals surface area contributed by atoms with Crippen molar-refractivity contribution in [3.05, 3.63) is 52.5 Å². The Kier molecular flexibility index (Phi) is 5.17. The van der Waals surface area contributed by atoms with Crippen molar-refractivity contribution >= 4 is 11.3 Å². The fourth-order valence-electron chi connectivity index (χ4n) is 4.10. The minimum Gasteiger partial charge on any atom is -0.373 e. The smallest absolute Gasteiger partial charge is 0.0723 e. The van der Waals surface area contributed by atoms with Crippen LogP contribution in [0.15, 0.2) is 42.0 Å². The summed E-state index contributed by atoms with van der Waals surface area (Å²) in [4.78, 5) is 10.6. The molecule has 2 aromatic rings. The van der Waals surface area contributed by atoms with Crippen LogP contribution in [0.1, 0.15) is 29.7 Å². The number of rotatable bonds is 5. The van der Waals surface area contributed by atoms with Gasteiger partial charge in [-0.25, -0.2) is 0 Å². The SMILES string of the molecule is CN(Cc1ccncc1)[C@H]1COC2(CCN(Cc3cccs3)CC2)C1. The quantitative estimate of drug-likeness (QED) is 0.820. The van der Waals surface area contributed by atoms with Gasteiger partial charge in [0.05, 0.1) is 12.2 Å². The maximum atomic E-state index is 6.36. The fraction of sp³-hybridized carbons (Fsp3) is 0.550. The highest BCUT2D eigenvalue weighted by Gasteiger charge is 2.43. The summed E-state index contributed by atoms with van der Waals surface area (Å²) >= 11 is 1.86. The molecule has 5 heteroatoms. The van der Waals surface area contributed by atoms with E-state index in [0.717, 1.165) is 45.6 Å². The van der Waals surface area contributed by atoms with E-state index in [1.165, 1.54) is 16.9 Å². The van der Waals surface area contributed by atoms with Crippen molar-refractivity contribution in [1.29, 1.82) is 0 Å². The monoisotopic (exact) mass is 357 g/mol. The highest BCUT2D eigenvalue weighted by Crippen LogP contribution is 2.38. The number of nitrogens with zero attached hydrogens (tertiary/aromatic N) is 3. The molecule has 1 atom stereocenters. The van der Waals surface area contributed by atoms with Crippen LogP contribution in [0.5, 0.6) is 0 Å². The third kappa shape index (κ3) is 4.11. The van der Waals surface area contributed by atoms with Crippen molar-refractivity contribution in [3.63, 3.8) is 0 Å². The first-order valence-corrected chi connectivity index (χ1v) is 10.1. The number of ether oxygens (including phenoxy) is 1. The van der Waals surface area contributed by atoms with Gasteiger partial charge in [-0.15, -0.1) is 11.3 Å². The van der Waals surface area contributed by atoms with Crippen molar-refractivity contribution in [3.8, 4) is 0 Å². The van der Waals surface area contributed by atoms with Crippen LogP contribution >= 0.6 is 11.3 Å². The summed E-state index contributed by atoms with van der Waals surface area (Å²) in [5.74, 6) is 0. The molecule has 0 N–H and O–H groups in total. The van der Waals surface area contributed by atoms with Gasteiger partial charge in [0.1, 0.15) is 0 Å². The maximum Gasteiger partial charge on any atom is 0.0723 e. The Morgan fingerprint density at radius 3 is 2.80 bits per heavy atom. The Morgan fingerprint density at radius 2 is 2.08 bits per heavy atom. The first kappa shape index (κ1) is 17.2. The van der Waals surface area contributed by atoms with Crippen molar-refractivity contribution in [2.75, 3.05) is 26.7 Å². The molecular weight excluding hydrogens is 330 g/mol. The third-order valence-corrected chi connectivity index (χ3v) is 6.58. The van der Waals surface area contributed by atoms with Crippen LogP contribution in [0.2, 0.25) is 0 Å². The predicted octanol–water partition coefficient (Wildman–Crippen LogP) is 3.40. The van der Waals surface area contributed by atoms with E-state index in [-0.39, 0.29) is 5.60 Å². The first-order valence-electron chi connectivity index (χ1n) is 9.20. The summed E-state index contributed by atoms with van der Waals surface area (Å²) in [6.45, 7) is 5.24. The van der Waals surface area contributed by atoms with Crippen LogP contribution in [0.25, 0.3) is 0 Å². The van der Waals surface area contributed by atoms with E-state index in [1.807, 2.05) is 23.7 Å². The zero-order valence-electron chi connectivity index (χ0n) is 14.9. The van der Waals surface area contributed by atoms with Gasteiger partial charge < -0.3 is 4.74 Å². The van der Waals surface area contributed by atoms with Gasteiger partial charge in [-0.05, 0) is 55.5 Å². The van der Waals surface area contributed by atoms with Crippen LogP contribution in [-0.2, 0) is 17.8 Å². The number of hydrogen-bond donors (Lipinski definition) is 0. The van der Waals surface area contributed by atoms with E-state index in [4.69, 9.17) is 4.74 Å². The number of likely N-dealkylation sites (N-methyl/N-ethyl adjacent to an activating group) is 1. The van der Waals surface area contributed by atoms with E-state index >= 15 is 0 Å². The number of hydrogen-bond acceptors (Lipinski definition) is 5. The molecule has 0 saturated carbocycles. The molecule has 1 spiro atoms. The van der Waals surface area contributed by atoms with Gasteiger partial charge in [-0.1, -0.05) is 6.07 Å². The molecule has 4 heterocycles. The summed E-state index contributed by atoms with van der Waals surface area (Å²) in [6.07, 6.45) is 7.25. The lowest BCUT2D eigenvalue weighted by molar-refractivity contribution is -0.0451. The van der Waals surface area contributed by atoms with Crippen molar-refractivity contribution < 1.29 is 4.74 Å². The molecule has 25 heavy (non-hydrogen) atoms. The van der Waals surface area contributed by atoms with E-state index in [2.05, 4.69) is 51.5 Å². The number of likely N-dealkylation sites (tertiary alicyclic amines) is 1. The van der Waals surface area contributed by atoms with Gasteiger partial charge in [0.25, 0.3) is 0 Å². The zero-order chi connectivity index (χ0) is 17.1. The van der Waals surface area contributed by atoms with Gasteiger partial charge in [0, 0.05) is 49.5 Å². The Morgan fingerprint density at radius 1 is 1.28 bits per heavy atom. The van der Waals surface area contributed by atoms with Crippen LogP contribution in [-0.4, -0.2) is 53.2 Å². The largest absolute Gasteiger partial charge is 0.373 e. The molecule has 0 aromatic carbocycles. The molecule has 2 fully saturated rings. The third-order valence-electron chi connectivity index (χ3n) is 5.72. The lowest BCUT2D eigenvalue weighted by Gasteiger charge is -2.38. The van der Waals surface area contributed by atoms with Crippen LogP contribution < -0.4 is 0 Å². The minimum absolute atomic E-state index is 0.114. The molecule has 0 unspecified atom stereocenters. The van der Waals surface area contributed by atoms with Crippen LogP contribution in [0.4, 0.5) is 0 Å². The molecule has 4 nitrogen and oxygen atoms in total. The molecule has 0 amide bonds.